The number of benzene rings is 1. The van der Waals surface area contributed by atoms with E-state index in [-0.39, 0.29) is 23.7 Å². The molecule has 144 valence electrons. The Hall–Kier alpha value is -0.990. The van der Waals surface area contributed by atoms with Gasteiger partial charge in [0.15, 0.2) is 0 Å². The van der Waals surface area contributed by atoms with Crippen molar-refractivity contribution in [3.05, 3.63) is 50.7 Å². The molecule has 1 atom stereocenters. The van der Waals surface area contributed by atoms with Gasteiger partial charge < -0.3 is 10.1 Å². The number of halogens is 5. The summed E-state index contributed by atoms with van der Waals surface area (Å²) in [5.74, 6) is 0.194. The Morgan fingerprint density at radius 3 is 2.42 bits per heavy atom. The maximum Gasteiger partial charge on any atom is 0.416 e. The highest BCUT2D eigenvalue weighted by molar-refractivity contribution is 7.16. The molecular formula is C17H19Cl2F3N2OS. The highest BCUT2D eigenvalue weighted by Crippen LogP contribution is 2.42. The van der Waals surface area contributed by atoms with Crippen LogP contribution in [0.25, 0.3) is 0 Å². The van der Waals surface area contributed by atoms with E-state index < -0.39 is 17.8 Å². The van der Waals surface area contributed by atoms with Crippen LogP contribution in [0.1, 0.15) is 22.0 Å². The van der Waals surface area contributed by atoms with Gasteiger partial charge in [0.2, 0.25) is 0 Å². The number of nitrogens with one attached hydrogen (secondary N) is 1. The van der Waals surface area contributed by atoms with Crippen LogP contribution in [0, 0.1) is 0 Å². The highest BCUT2D eigenvalue weighted by atomic mass is 35.5. The van der Waals surface area contributed by atoms with Crippen LogP contribution in [0.4, 0.5) is 13.2 Å². The molecule has 0 bridgehead atoms. The number of nitrogens with zero attached hydrogens (tertiary/aromatic N) is 1. The summed E-state index contributed by atoms with van der Waals surface area (Å²) >= 11 is 7.37. The zero-order valence-corrected chi connectivity index (χ0v) is 16.4. The molecule has 0 saturated carbocycles. The van der Waals surface area contributed by atoms with Gasteiger partial charge in [0.1, 0.15) is 5.75 Å². The van der Waals surface area contributed by atoms with Crippen molar-refractivity contribution in [3.63, 3.8) is 0 Å². The van der Waals surface area contributed by atoms with Gasteiger partial charge in [-0.2, -0.15) is 13.2 Å². The molecule has 0 unspecified atom stereocenters. The molecule has 1 saturated heterocycles. The maximum atomic E-state index is 13.7. The maximum absolute atomic E-state index is 13.7. The number of hydrogen-bond acceptors (Lipinski definition) is 4. The molecule has 0 amide bonds. The number of methoxy groups -OCH3 is 1. The van der Waals surface area contributed by atoms with Gasteiger partial charge in [0.05, 0.1) is 23.1 Å². The molecule has 3 nitrogen and oxygen atoms in total. The summed E-state index contributed by atoms with van der Waals surface area (Å²) in [6.45, 7) is 2.83. The normalized spacial score (nSPS) is 16.8. The number of ether oxygens (including phenoxy) is 1. The fourth-order valence-electron chi connectivity index (χ4n) is 3.09. The molecule has 2 aromatic rings. The van der Waals surface area contributed by atoms with Crippen molar-refractivity contribution in [1.29, 1.82) is 0 Å². The lowest BCUT2D eigenvalue weighted by atomic mass is 9.96. The van der Waals surface area contributed by atoms with Crippen LogP contribution in [-0.2, 0) is 6.18 Å². The first-order chi connectivity index (χ1) is 11.9. The second-order valence-corrected chi connectivity index (χ2v) is 7.53. The van der Waals surface area contributed by atoms with Crippen molar-refractivity contribution in [3.8, 4) is 5.75 Å². The Labute approximate surface area is 165 Å². The quantitative estimate of drug-likeness (QED) is 0.756. The first kappa shape index (κ1) is 21.3. The summed E-state index contributed by atoms with van der Waals surface area (Å²) in [7, 11) is 1.36. The number of thiophene rings is 1. The zero-order valence-electron chi connectivity index (χ0n) is 14.0. The van der Waals surface area contributed by atoms with E-state index in [2.05, 4.69) is 10.2 Å². The molecule has 0 aliphatic carbocycles. The van der Waals surface area contributed by atoms with Gasteiger partial charge in [-0.15, -0.1) is 23.7 Å². The first-order valence-electron chi connectivity index (χ1n) is 7.85. The van der Waals surface area contributed by atoms with Gasteiger partial charge in [-0.25, -0.2) is 0 Å². The average Bonchev–Trinajstić information content (AvgIpc) is 3.01. The van der Waals surface area contributed by atoms with Crippen LogP contribution in [0.3, 0.4) is 0 Å². The molecule has 1 N–H and O–H groups in total. The van der Waals surface area contributed by atoms with Crippen molar-refractivity contribution in [2.45, 2.75) is 12.2 Å². The molecule has 1 aromatic heterocycles. The molecule has 9 heteroatoms. The number of piperazine rings is 1. The van der Waals surface area contributed by atoms with Gasteiger partial charge >= 0.3 is 6.18 Å². The Morgan fingerprint density at radius 1 is 1.19 bits per heavy atom. The van der Waals surface area contributed by atoms with Gasteiger partial charge in [-0.1, -0.05) is 17.7 Å². The largest absolute Gasteiger partial charge is 0.497 e. The molecular weight excluding hydrogens is 408 g/mol. The van der Waals surface area contributed by atoms with E-state index in [1.54, 1.807) is 12.1 Å². The summed E-state index contributed by atoms with van der Waals surface area (Å²) in [5.41, 5.74) is -0.436. The zero-order chi connectivity index (χ0) is 18.0. The molecule has 3 rings (SSSR count). The standard InChI is InChI=1S/C17H18ClF3N2OS.ClH/c1-24-11-2-3-12(13(10-11)17(19,20)21)16(14-4-5-15(18)25-14)23-8-6-22-7-9-23;/h2-5,10,16,22H,6-9H2,1H3;1H/t16-;/m1./s1. The third-order valence-electron chi connectivity index (χ3n) is 4.24. The Morgan fingerprint density at radius 2 is 1.88 bits per heavy atom. The third kappa shape index (κ3) is 4.64. The van der Waals surface area contributed by atoms with E-state index in [0.29, 0.717) is 17.4 Å². The second kappa shape index (κ2) is 8.80. The first-order valence-corrected chi connectivity index (χ1v) is 9.04. The molecule has 1 aliphatic heterocycles. The van der Waals surface area contributed by atoms with Crippen LogP contribution < -0.4 is 10.1 Å². The van der Waals surface area contributed by atoms with Gasteiger partial charge in [-0.05, 0) is 29.8 Å². The molecule has 0 spiro atoms. The summed E-state index contributed by atoms with van der Waals surface area (Å²) in [6.07, 6.45) is -4.46. The Kier molecular flexibility index (Phi) is 7.21. The van der Waals surface area contributed by atoms with E-state index in [0.717, 1.165) is 24.0 Å². The predicted octanol–water partition coefficient (Wildman–Crippen LogP) is 4.85. The minimum absolute atomic E-state index is 0. The fourth-order valence-corrected chi connectivity index (χ4v) is 4.31. The van der Waals surface area contributed by atoms with Crippen LogP contribution in [0.2, 0.25) is 4.34 Å². The summed E-state index contributed by atoms with van der Waals surface area (Å²) in [4.78, 5) is 2.87. The van der Waals surface area contributed by atoms with Crippen LogP contribution in [0.15, 0.2) is 30.3 Å². The minimum Gasteiger partial charge on any atom is -0.497 e. The van der Waals surface area contributed by atoms with Crippen molar-refractivity contribution >= 4 is 35.3 Å². The van der Waals surface area contributed by atoms with Gasteiger partial charge in [-0.3, -0.25) is 4.90 Å². The fraction of sp³-hybridized carbons (Fsp3) is 0.412. The number of alkyl halides is 3. The molecule has 26 heavy (non-hydrogen) atoms. The van der Waals surface area contributed by atoms with Crippen LogP contribution in [-0.4, -0.2) is 38.2 Å². The van der Waals surface area contributed by atoms with E-state index >= 15 is 0 Å². The number of rotatable bonds is 4. The van der Waals surface area contributed by atoms with Gasteiger partial charge in [0.25, 0.3) is 0 Å². The second-order valence-electron chi connectivity index (χ2n) is 5.78. The Balaban J connectivity index is 0.00000243. The predicted molar refractivity (Wildman–Crippen MR) is 101 cm³/mol. The topological polar surface area (TPSA) is 24.5 Å². The summed E-state index contributed by atoms with van der Waals surface area (Å²) in [6, 6.07) is 7.22. The Bertz CT molecular complexity index is 733. The van der Waals surface area contributed by atoms with Crippen LogP contribution in [0.5, 0.6) is 5.75 Å². The monoisotopic (exact) mass is 426 g/mol. The molecule has 2 heterocycles. The molecule has 1 aliphatic rings. The highest BCUT2D eigenvalue weighted by Gasteiger charge is 2.38. The third-order valence-corrected chi connectivity index (χ3v) is 5.52. The lowest BCUT2D eigenvalue weighted by Gasteiger charge is -2.36. The summed E-state index contributed by atoms with van der Waals surface area (Å²) < 4.78 is 46.7. The van der Waals surface area contributed by atoms with Crippen LogP contribution >= 0.6 is 35.3 Å². The van der Waals surface area contributed by atoms with Gasteiger partial charge in [0, 0.05) is 31.1 Å². The van der Waals surface area contributed by atoms with Crippen molar-refractivity contribution in [2.75, 3.05) is 33.3 Å². The average molecular weight is 427 g/mol. The van der Waals surface area contributed by atoms with E-state index in [9.17, 15) is 13.2 Å². The van der Waals surface area contributed by atoms with Crippen molar-refractivity contribution in [2.24, 2.45) is 0 Å². The SMILES string of the molecule is COc1ccc([C@H](c2ccc(Cl)s2)N2CCNCC2)c(C(F)(F)F)c1.Cl. The van der Waals surface area contributed by atoms with E-state index in [4.69, 9.17) is 16.3 Å². The lowest BCUT2D eigenvalue weighted by molar-refractivity contribution is -0.138. The molecule has 1 aromatic carbocycles. The van der Waals surface area contributed by atoms with Crippen molar-refractivity contribution in [1.82, 2.24) is 10.2 Å². The summed E-state index contributed by atoms with van der Waals surface area (Å²) in [5, 5.41) is 3.23. The number of hydrogen-bond donors (Lipinski definition) is 1. The lowest BCUT2D eigenvalue weighted by Crippen LogP contribution is -2.45. The minimum atomic E-state index is -4.46. The van der Waals surface area contributed by atoms with E-state index in [1.165, 1.54) is 24.5 Å². The molecule has 1 fully saturated rings. The molecule has 0 radical (unpaired) electrons. The van der Waals surface area contributed by atoms with Crippen molar-refractivity contribution < 1.29 is 17.9 Å². The smallest absolute Gasteiger partial charge is 0.416 e. The van der Waals surface area contributed by atoms with E-state index in [1.807, 2.05) is 6.07 Å².